The van der Waals surface area contributed by atoms with Crippen LogP contribution in [0.15, 0.2) is 84.9 Å². The Morgan fingerprint density at radius 1 is 0.829 bits per heavy atom. The van der Waals surface area contributed by atoms with E-state index in [0.29, 0.717) is 43.6 Å². The highest BCUT2D eigenvalue weighted by molar-refractivity contribution is 5.97. The van der Waals surface area contributed by atoms with Crippen molar-refractivity contribution < 1.29 is 18.8 Å². The molecular weight excluding hydrogens is 445 g/mol. The molecule has 1 aliphatic heterocycles. The molecule has 1 atom stereocenters. The highest BCUT2D eigenvalue weighted by Gasteiger charge is 2.34. The van der Waals surface area contributed by atoms with Crippen LogP contribution in [0.2, 0.25) is 0 Å². The summed E-state index contributed by atoms with van der Waals surface area (Å²) in [7, 11) is 0. The van der Waals surface area contributed by atoms with Crippen LogP contribution in [0.4, 0.5) is 4.39 Å². The van der Waals surface area contributed by atoms with Gasteiger partial charge in [-0.05, 0) is 60.7 Å². The quantitative estimate of drug-likeness (QED) is 0.548. The Balaban J connectivity index is 1.43. The fourth-order valence-corrected chi connectivity index (χ4v) is 4.32. The molecule has 0 aliphatic carbocycles. The van der Waals surface area contributed by atoms with Crippen molar-refractivity contribution in [1.29, 1.82) is 0 Å². The lowest BCUT2D eigenvalue weighted by Crippen LogP contribution is -2.53. The van der Waals surface area contributed by atoms with Crippen LogP contribution in [-0.4, -0.2) is 41.8 Å². The molecule has 1 saturated heterocycles. The number of amides is 3. The maximum Gasteiger partial charge on any atom is 0.253 e. The minimum Gasteiger partial charge on any atom is -0.350 e. The van der Waals surface area contributed by atoms with E-state index in [-0.39, 0.29) is 23.6 Å². The van der Waals surface area contributed by atoms with Crippen LogP contribution < -0.4 is 10.6 Å². The Morgan fingerprint density at radius 2 is 1.43 bits per heavy atom. The van der Waals surface area contributed by atoms with Gasteiger partial charge in [-0.25, -0.2) is 4.39 Å². The van der Waals surface area contributed by atoms with Crippen molar-refractivity contribution in [2.24, 2.45) is 5.92 Å². The standard InChI is InChI=1S/C28H28FN3O3/c29-24-13-11-23(12-14-24)28(35)32-17-15-21(16-18-32)25(31-26(33)22-9-5-2-6-10-22)27(34)30-19-20-7-3-1-4-8-20/h1-14,21,25H,15-19H2,(H,30,34)(H,31,33). The van der Waals surface area contributed by atoms with Gasteiger partial charge in [-0.1, -0.05) is 48.5 Å². The molecule has 3 aromatic rings. The van der Waals surface area contributed by atoms with E-state index in [4.69, 9.17) is 0 Å². The van der Waals surface area contributed by atoms with E-state index < -0.39 is 11.9 Å². The molecule has 4 rings (SSSR count). The van der Waals surface area contributed by atoms with Crippen molar-refractivity contribution in [2.45, 2.75) is 25.4 Å². The summed E-state index contributed by atoms with van der Waals surface area (Å²) in [6, 6.07) is 23.1. The predicted octanol–water partition coefficient (Wildman–Crippen LogP) is 3.79. The van der Waals surface area contributed by atoms with Gasteiger partial charge in [0.25, 0.3) is 11.8 Å². The summed E-state index contributed by atoms with van der Waals surface area (Å²) in [5.41, 5.74) is 1.88. The molecule has 0 aromatic heterocycles. The third kappa shape index (κ3) is 6.32. The van der Waals surface area contributed by atoms with Crippen LogP contribution >= 0.6 is 0 Å². The molecule has 1 aliphatic rings. The largest absolute Gasteiger partial charge is 0.350 e. The van der Waals surface area contributed by atoms with Gasteiger partial charge in [0.1, 0.15) is 11.9 Å². The number of likely N-dealkylation sites (tertiary alicyclic amines) is 1. The SMILES string of the molecule is O=C(NC(C(=O)NCc1ccccc1)C1CCN(C(=O)c2ccc(F)cc2)CC1)c1ccccc1. The fraction of sp³-hybridized carbons (Fsp3) is 0.250. The first-order chi connectivity index (χ1) is 17.0. The number of carbonyl (C=O) groups is 3. The Bertz CT molecular complexity index is 1150. The van der Waals surface area contributed by atoms with Gasteiger partial charge in [-0.2, -0.15) is 0 Å². The van der Waals surface area contributed by atoms with E-state index in [2.05, 4.69) is 10.6 Å². The fourth-order valence-electron chi connectivity index (χ4n) is 4.32. The lowest BCUT2D eigenvalue weighted by molar-refractivity contribution is -0.124. The van der Waals surface area contributed by atoms with Crippen molar-refractivity contribution in [2.75, 3.05) is 13.1 Å². The Morgan fingerprint density at radius 3 is 2.06 bits per heavy atom. The molecule has 180 valence electrons. The third-order valence-corrected chi connectivity index (χ3v) is 6.30. The lowest BCUT2D eigenvalue weighted by Gasteiger charge is -2.36. The van der Waals surface area contributed by atoms with Crippen LogP contribution in [0.25, 0.3) is 0 Å². The first kappa shape index (κ1) is 24.1. The molecule has 0 saturated carbocycles. The van der Waals surface area contributed by atoms with E-state index in [1.165, 1.54) is 24.3 Å². The molecule has 1 unspecified atom stereocenters. The van der Waals surface area contributed by atoms with Crippen LogP contribution in [0.1, 0.15) is 39.1 Å². The molecule has 0 radical (unpaired) electrons. The number of nitrogens with zero attached hydrogens (tertiary/aromatic N) is 1. The topological polar surface area (TPSA) is 78.5 Å². The number of benzene rings is 3. The van der Waals surface area contributed by atoms with Crippen molar-refractivity contribution in [3.8, 4) is 0 Å². The molecule has 6 nitrogen and oxygen atoms in total. The summed E-state index contributed by atoms with van der Waals surface area (Å²) in [6.45, 7) is 1.26. The average molecular weight is 474 g/mol. The number of hydrogen-bond acceptors (Lipinski definition) is 3. The lowest BCUT2D eigenvalue weighted by atomic mass is 9.88. The second-order valence-corrected chi connectivity index (χ2v) is 8.66. The van der Waals surface area contributed by atoms with Crippen LogP contribution in [0, 0.1) is 11.7 Å². The Labute approximate surface area is 204 Å². The Hall–Kier alpha value is -4.00. The minimum absolute atomic E-state index is 0.129. The van der Waals surface area contributed by atoms with Gasteiger partial charge in [0, 0.05) is 30.8 Å². The molecule has 1 fully saturated rings. The highest BCUT2D eigenvalue weighted by Crippen LogP contribution is 2.23. The maximum absolute atomic E-state index is 13.2. The molecule has 3 amide bonds. The third-order valence-electron chi connectivity index (χ3n) is 6.30. The van der Waals surface area contributed by atoms with Gasteiger partial charge in [0.15, 0.2) is 0 Å². The smallest absolute Gasteiger partial charge is 0.253 e. The summed E-state index contributed by atoms with van der Waals surface area (Å²) in [4.78, 5) is 40.6. The number of nitrogens with one attached hydrogen (secondary N) is 2. The summed E-state index contributed by atoms with van der Waals surface area (Å²) < 4.78 is 13.2. The van der Waals surface area contributed by atoms with Crippen molar-refractivity contribution in [1.82, 2.24) is 15.5 Å². The summed E-state index contributed by atoms with van der Waals surface area (Å²) in [5.74, 6) is -1.24. The zero-order chi connectivity index (χ0) is 24.6. The van der Waals surface area contributed by atoms with Crippen LogP contribution in [-0.2, 0) is 11.3 Å². The molecular formula is C28H28FN3O3. The van der Waals surface area contributed by atoms with Gasteiger partial charge < -0.3 is 15.5 Å². The highest BCUT2D eigenvalue weighted by atomic mass is 19.1. The first-order valence-electron chi connectivity index (χ1n) is 11.7. The molecule has 0 spiro atoms. The predicted molar refractivity (Wildman–Crippen MR) is 131 cm³/mol. The number of hydrogen-bond donors (Lipinski definition) is 2. The molecule has 7 heteroatoms. The summed E-state index contributed by atoms with van der Waals surface area (Å²) in [6.07, 6.45) is 1.12. The minimum atomic E-state index is -0.727. The van der Waals surface area contributed by atoms with Gasteiger partial charge in [0.2, 0.25) is 5.91 Å². The molecule has 35 heavy (non-hydrogen) atoms. The number of carbonyl (C=O) groups excluding carboxylic acids is 3. The van der Waals surface area contributed by atoms with Crippen molar-refractivity contribution in [3.63, 3.8) is 0 Å². The van der Waals surface area contributed by atoms with Crippen LogP contribution in [0.5, 0.6) is 0 Å². The Kier molecular flexibility index (Phi) is 7.88. The van der Waals surface area contributed by atoms with Gasteiger partial charge in [0.05, 0.1) is 0 Å². The van der Waals surface area contributed by atoms with Crippen molar-refractivity contribution >= 4 is 17.7 Å². The van der Waals surface area contributed by atoms with Gasteiger partial charge in [-0.3, -0.25) is 14.4 Å². The number of halogens is 1. The molecule has 2 N–H and O–H groups in total. The zero-order valence-electron chi connectivity index (χ0n) is 19.3. The van der Waals surface area contributed by atoms with E-state index in [1.807, 2.05) is 36.4 Å². The molecule has 1 heterocycles. The van der Waals surface area contributed by atoms with Crippen LogP contribution in [0.3, 0.4) is 0 Å². The summed E-state index contributed by atoms with van der Waals surface area (Å²) in [5, 5.41) is 5.87. The monoisotopic (exact) mass is 473 g/mol. The van der Waals surface area contributed by atoms with E-state index >= 15 is 0 Å². The average Bonchev–Trinajstić information content (AvgIpc) is 2.91. The van der Waals surface area contributed by atoms with E-state index in [1.54, 1.807) is 29.2 Å². The van der Waals surface area contributed by atoms with E-state index in [0.717, 1.165) is 5.56 Å². The van der Waals surface area contributed by atoms with Crippen molar-refractivity contribution in [3.05, 3.63) is 107 Å². The second kappa shape index (κ2) is 11.4. The second-order valence-electron chi connectivity index (χ2n) is 8.66. The van der Waals surface area contributed by atoms with Gasteiger partial charge >= 0.3 is 0 Å². The van der Waals surface area contributed by atoms with Gasteiger partial charge in [-0.15, -0.1) is 0 Å². The first-order valence-corrected chi connectivity index (χ1v) is 11.7. The van der Waals surface area contributed by atoms with E-state index in [9.17, 15) is 18.8 Å². The number of rotatable bonds is 7. The molecule has 0 bridgehead atoms. The number of piperidine rings is 1. The molecule has 3 aromatic carbocycles. The normalized spacial score (nSPS) is 14.7. The maximum atomic E-state index is 13.2. The summed E-state index contributed by atoms with van der Waals surface area (Å²) >= 11 is 0. The zero-order valence-corrected chi connectivity index (χ0v) is 19.3.